The van der Waals surface area contributed by atoms with Gasteiger partial charge in [-0.2, -0.15) is 4.98 Å². The largest absolute Gasteiger partial charge is 0.352 e. The topological polar surface area (TPSA) is 75.3 Å². The van der Waals surface area contributed by atoms with E-state index in [0.29, 0.717) is 30.8 Å². The molecule has 0 fully saturated rings. The number of aliphatic imine (C=N–C) groups is 1. The van der Waals surface area contributed by atoms with Gasteiger partial charge in [-0.3, -0.25) is 4.99 Å². The van der Waals surface area contributed by atoms with Crippen LogP contribution in [0, 0.1) is 13.8 Å². The number of guanidine groups is 1. The van der Waals surface area contributed by atoms with Gasteiger partial charge in [0, 0.05) is 13.6 Å². The smallest absolute Gasteiger partial charge is 0.246 e. The highest BCUT2D eigenvalue weighted by atomic mass is 127. The van der Waals surface area contributed by atoms with Crippen molar-refractivity contribution in [3.63, 3.8) is 0 Å². The van der Waals surface area contributed by atoms with Crippen molar-refractivity contribution >= 4 is 29.9 Å². The molecule has 0 atom stereocenters. The number of aryl methyl sites for hydroxylation is 2. The molecular weight excluding hydrogens is 381 g/mol. The number of nitrogens with zero attached hydrogens (tertiary/aromatic N) is 3. The third kappa shape index (κ3) is 5.70. The van der Waals surface area contributed by atoms with E-state index in [-0.39, 0.29) is 24.0 Å². The van der Waals surface area contributed by atoms with Gasteiger partial charge in [0.05, 0.1) is 6.54 Å². The zero-order chi connectivity index (χ0) is 14.4. The van der Waals surface area contributed by atoms with Crippen molar-refractivity contribution in [1.29, 1.82) is 0 Å². The molecule has 0 spiro atoms. The number of halogens is 1. The molecule has 0 saturated heterocycles. The zero-order valence-electron chi connectivity index (χ0n) is 12.4. The van der Waals surface area contributed by atoms with Gasteiger partial charge in [-0.05, 0) is 19.4 Å². The Labute approximate surface area is 141 Å². The Bertz CT molecular complexity index is 579. The molecule has 2 N–H and O–H groups in total. The van der Waals surface area contributed by atoms with E-state index < -0.39 is 0 Å². The summed E-state index contributed by atoms with van der Waals surface area (Å²) in [4.78, 5) is 8.27. The normalized spacial score (nSPS) is 10.9. The van der Waals surface area contributed by atoms with E-state index in [1.165, 1.54) is 11.1 Å². The van der Waals surface area contributed by atoms with Crippen molar-refractivity contribution < 1.29 is 4.52 Å². The van der Waals surface area contributed by atoms with Crippen LogP contribution >= 0.6 is 24.0 Å². The summed E-state index contributed by atoms with van der Waals surface area (Å²) in [5.41, 5.74) is 2.45. The van der Waals surface area contributed by atoms with Crippen LogP contribution in [0.15, 0.2) is 33.8 Å². The van der Waals surface area contributed by atoms with Crippen molar-refractivity contribution in [3.8, 4) is 0 Å². The third-order valence-corrected chi connectivity index (χ3v) is 2.78. The quantitative estimate of drug-likeness (QED) is 0.467. The molecule has 1 heterocycles. The van der Waals surface area contributed by atoms with E-state index in [9.17, 15) is 0 Å². The minimum Gasteiger partial charge on any atom is -0.352 e. The molecule has 7 heteroatoms. The molecule has 6 nitrogen and oxygen atoms in total. The van der Waals surface area contributed by atoms with Crippen molar-refractivity contribution in [1.82, 2.24) is 20.8 Å². The molecule has 2 rings (SSSR count). The standard InChI is InChI=1S/C14H19N5O.HI/c1-10-4-6-12(7-5-10)8-16-14(15-3)17-9-13-18-11(2)19-20-13;/h4-7H,8-9H2,1-3H3,(H2,15,16,17);1H. The average molecular weight is 401 g/mol. The molecule has 21 heavy (non-hydrogen) atoms. The molecule has 0 aliphatic rings. The molecule has 1 aromatic heterocycles. The minimum atomic E-state index is 0. The van der Waals surface area contributed by atoms with E-state index in [0.717, 1.165) is 0 Å². The summed E-state index contributed by atoms with van der Waals surface area (Å²) in [7, 11) is 1.73. The van der Waals surface area contributed by atoms with Crippen LogP contribution in [0.2, 0.25) is 0 Å². The van der Waals surface area contributed by atoms with Gasteiger partial charge in [0.1, 0.15) is 0 Å². The van der Waals surface area contributed by atoms with Gasteiger partial charge in [0.2, 0.25) is 5.89 Å². The Morgan fingerprint density at radius 3 is 2.38 bits per heavy atom. The lowest BCUT2D eigenvalue weighted by atomic mass is 10.1. The SMILES string of the molecule is CN=C(NCc1ccc(C)cc1)NCc1nc(C)no1.I. The Balaban J connectivity index is 0.00000220. The van der Waals surface area contributed by atoms with Gasteiger partial charge in [-0.1, -0.05) is 35.0 Å². The minimum absolute atomic E-state index is 0. The molecule has 0 saturated carbocycles. The zero-order valence-corrected chi connectivity index (χ0v) is 14.7. The molecule has 1 aromatic carbocycles. The van der Waals surface area contributed by atoms with E-state index in [4.69, 9.17) is 4.52 Å². The van der Waals surface area contributed by atoms with Crippen molar-refractivity contribution in [3.05, 3.63) is 47.1 Å². The Hall–Kier alpha value is -1.64. The van der Waals surface area contributed by atoms with Gasteiger partial charge in [-0.15, -0.1) is 24.0 Å². The number of nitrogens with one attached hydrogen (secondary N) is 2. The molecule has 0 aliphatic carbocycles. The van der Waals surface area contributed by atoms with Gasteiger partial charge in [-0.25, -0.2) is 0 Å². The van der Waals surface area contributed by atoms with Crippen LogP contribution in [0.25, 0.3) is 0 Å². The summed E-state index contributed by atoms with van der Waals surface area (Å²) >= 11 is 0. The maximum atomic E-state index is 5.03. The molecule has 2 aromatic rings. The fourth-order valence-electron chi connectivity index (χ4n) is 1.68. The second kappa shape index (κ2) is 8.60. The first-order chi connectivity index (χ1) is 9.67. The lowest BCUT2D eigenvalue weighted by Crippen LogP contribution is -2.36. The number of benzene rings is 1. The Morgan fingerprint density at radius 1 is 1.14 bits per heavy atom. The summed E-state index contributed by atoms with van der Waals surface area (Å²) in [5.74, 6) is 1.87. The molecule has 0 amide bonds. The third-order valence-electron chi connectivity index (χ3n) is 2.78. The van der Waals surface area contributed by atoms with Crippen LogP contribution in [0.1, 0.15) is 22.8 Å². The van der Waals surface area contributed by atoms with Crippen LogP contribution < -0.4 is 10.6 Å². The summed E-state index contributed by atoms with van der Waals surface area (Å²) in [6.07, 6.45) is 0. The fourth-order valence-corrected chi connectivity index (χ4v) is 1.68. The highest BCUT2D eigenvalue weighted by Gasteiger charge is 2.04. The second-order valence-electron chi connectivity index (χ2n) is 4.50. The van der Waals surface area contributed by atoms with Gasteiger partial charge >= 0.3 is 0 Å². The summed E-state index contributed by atoms with van der Waals surface area (Å²) in [5, 5.41) is 10.1. The highest BCUT2D eigenvalue weighted by molar-refractivity contribution is 14.0. The van der Waals surface area contributed by atoms with Gasteiger partial charge in [0.15, 0.2) is 11.8 Å². The first-order valence-electron chi connectivity index (χ1n) is 6.46. The van der Waals surface area contributed by atoms with E-state index in [1.54, 1.807) is 14.0 Å². The predicted octanol–water partition coefficient (Wildman–Crippen LogP) is 2.17. The predicted molar refractivity (Wildman–Crippen MR) is 92.7 cm³/mol. The highest BCUT2D eigenvalue weighted by Crippen LogP contribution is 2.02. The van der Waals surface area contributed by atoms with Crippen LogP contribution in [-0.4, -0.2) is 23.1 Å². The number of rotatable bonds is 4. The molecule has 0 radical (unpaired) electrons. The maximum absolute atomic E-state index is 5.03. The van der Waals surface area contributed by atoms with E-state index >= 15 is 0 Å². The van der Waals surface area contributed by atoms with Crippen LogP contribution in [0.4, 0.5) is 0 Å². The Morgan fingerprint density at radius 2 is 1.81 bits per heavy atom. The van der Waals surface area contributed by atoms with Crippen molar-refractivity contribution in [2.45, 2.75) is 26.9 Å². The van der Waals surface area contributed by atoms with Gasteiger partial charge < -0.3 is 15.2 Å². The average Bonchev–Trinajstić information content (AvgIpc) is 2.87. The summed E-state index contributed by atoms with van der Waals surface area (Å²) in [6.45, 7) is 5.03. The van der Waals surface area contributed by atoms with E-state index in [1.807, 2.05) is 0 Å². The monoisotopic (exact) mass is 401 g/mol. The first kappa shape index (κ1) is 17.4. The van der Waals surface area contributed by atoms with Crippen LogP contribution in [-0.2, 0) is 13.1 Å². The second-order valence-corrected chi connectivity index (χ2v) is 4.50. The lowest BCUT2D eigenvalue weighted by molar-refractivity contribution is 0.371. The van der Waals surface area contributed by atoms with Crippen molar-refractivity contribution in [2.75, 3.05) is 7.05 Å². The molecule has 0 aliphatic heterocycles. The van der Waals surface area contributed by atoms with E-state index in [2.05, 4.69) is 57.0 Å². The number of hydrogen-bond donors (Lipinski definition) is 2. The maximum Gasteiger partial charge on any atom is 0.246 e. The summed E-state index contributed by atoms with van der Waals surface area (Å²) < 4.78 is 5.03. The van der Waals surface area contributed by atoms with Crippen molar-refractivity contribution in [2.24, 2.45) is 4.99 Å². The number of aromatic nitrogens is 2. The molecule has 0 unspecified atom stereocenters. The fraction of sp³-hybridized carbons (Fsp3) is 0.357. The van der Waals surface area contributed by atoms with Crippen LogP contribution in [0.3, 0.4) is 0 Å². The van der Waals surface area contributed by atoms with Crippen LogP contribution in [0.5, 0.6) is 0 Å². The molecular formula is C14H20IN5O. The first-order valence-corrected chi connectivity index (χ1v) is 6.46. The number of hydrogen-bond acceptors (Lipinski definition) is 4. The lowest BCUT2D eigenvalue weighted by Gasteiger charge is -2.10. The molecule has 0 bridgehead atoms. The summed E-state index contributed by atoms with van der Waals surface area (Å²) in [6, 6.07) is 8.37. The Kier molecular flexibility index (Phi) is 7.13. The molecule has 114 valence electrons. The van der Waals surface area contributed by atoms with Gasteiger partial charge in [0.25, 0.3) is 0 Å².